The molecule has 0 atom stereocenters. The fraction of sp³-hybridized carbons (Fsp3) is 0.643. The minimum absolute atomic E-state index is 0.0367. The van der Waals surface area contributed by atoms with E-state index in [9.17, 15) is 13.2 Å². The third-order valence-corrected chi connectivity index (χ3v) is 7.92. The van der Waals surface area contributed by atoms with Crippen LogP contribution in [0.5, 0.6) is 0 Å². The normalized spacial score (nSPS) is 21.0. The van der Waals surface area contributed by atoms with E-state index >= 15 is 0 Å². The van der Waals surface area contributed by atoms with E-state index in [1.54, 1.807) is 15.8 Å². The Bertz CT molecular complexity index is 630. The summed E-state index contributed by atoms with van der Waals surface area (Å²) in [7, 11) is -3.44. The van der Waals surface area contributed by atoms with Crippen LogP contribution in [0.15, 0.2) is 16.3 Å². The Labute approximate surface area is 139 Å². The average Bonchev–Trinajstić information content (AvgIpc) is 3.06. The zero-order valence-corrected chi connectivity index (χ0v) is 14.8. The fourth-order valence-corrected chi connectivity index (χ4v) is 6.39. The highest BCUT2D eigenvalue weighted by atomic mass is 32.2. The summed E-state index contributed by atoms with van der Waals surface area (Å²) < 4.78 is 26.8. The highest BCUT2D eigenvalue weighted by Crippen LogP contribution is 2.26. The smallest absolute Gasteiger partial charge is 0.264 e. The first-order valence-electron chi connectivity index (χ1n) is 7.55. The Hall–Kier alpha value is -0.570. The van der Waals surface area contributed by atoms with Gasteiger partial charge in [-0.05, 0) is 18.9 Å². The van der Waals surface area contributed by atoms with Gasteiger partial charge in [-0.15, -0.1) is 11.3 Å². The van der Waals surface area contributed by atoms with Gasteiger partial charge in [-0.25, -0.2) is 8.42 Å². The van der Waals surface area contributed by atoms with Gasteiger partial charge in [0.15, 0.2) is 0 Å². The van der Waals surface area contributed by atoms with Gasteiger partial charge in [-0.1, -0.05) is 6.42 Å². The van der Waals surface area contributed by atoms with Gasteiger partial charge in [0.1, 0.15) is 0 Å². The molecule has 2 aliphatic heterocycles. The Morgan fingerprint density at radius 3 is 2.41 bits per heavy atom. The molecule has 8 heteroatoms. The molecule has 3 heterocycles. The lowest BCUT2D eigenvalue weighted by Gasteiger charge is -2.26. The number of hydrogen-bond donors (Lipinski definition) is 0. The van der Waals surface area contributed by atoms with Crippen molar-refractivity contribution in [2.45, 2.75) is 24.2 Å². The molecule has 2 fully saturated rings. The van der Waals surface area contributed by atoms with Crippen LogP contribution in [0.3, 0.4) is 0 Å². The lowest BCUT2D eigenvalue weighted by molar-refractivity contribution is 0.0777. The van der Waals surface area contributed by atoms with E-state index in [1.807, 2.05) is 16.7 Å². The van der Waals surface area contributed by atoms with E-state index in [0.29, 0.717) is 18.0 Å². The second kappa shape index (κ2) is 6.90. The van der Waals surface area contributed by atoms with E-state index in [0.717, 1.165) is 43.9 Å². The second-order valence-electron chi connectivity index (χ2n) is 5.52. The highest BCUT2D eigenvalue weighted by Gasteiger charge is 2.28. The maximum Gasteiger partial charge on any atom is 0.264 e. The number of hydrogen-bond acceptors (Lipinski definition) is 5. The van der Waals surface area contributed by atoms with Crippen molar-refractivity contribution in [3.63, 3.8) is 0 Å². The lowest BCUT2D eigenvalue weighted by Crippen LogP contribution is -2.37. The Kier molecular flexibility index (Phi) is 5.11. The molecule has 22 heavy (non-hydrogen) atoms. The predicted molar refractivity (Wildman–Crippen MR) is 90.2 cm³/mol. The molecule has 122 valence electrons. The van der Waals surface area contributed by atoms with E-state index < -0.39 is 10.0 Å². The fourth-order valence-electron chi connectivity index (χ4n) is 2.74. The molecule has 0 radical (unpaired) electrons. The second-order valence-corrected chi connectivity index (χ2v) is 9.59. The summed E-state index contributed by atoms with van der Waals surface area (Å²) in [5, 5.41) is 1.61. The first kappa shape index (κ1) is 16.3. The summed E-state index contributed by atoms with van der Waals surface area (Å²) in [5.74, 6) is 1.87. The van der Waals surface area contributed by atoms with E-state index in [2.05, 4.69) is 0 Å². The molecule has 0 aliphatic carbocycles. The van der Waals surface area contributed by atoms with Gasteiger partial charge < -0.3 is 4.90 Å². The monoisotopic (exact) mass is 360 g/mol. The van der Waals surface area contributed by atoms with Crippen LogP contribution in [0, 0.1) is 0 Å². The van der Waals surface area contributed by atoms with Gasteiger partial charge in [-0.3, -0.25) is 4.79 Å². The number of carbonyl (C=O) groups excluding carboxylic acids is 1. The van der Waals surface area contributed by atoms with Gasteiger partial charge >= 0.3 is 0 Å². The third kappa shape index (κ3) is 3.34. The zero-order chi connectivity index (χ0) is 15.6. The van der Waals surface area contributed by atoms with Crippen LogP contribution in [0.4, 0.5) is 0 Å². The van der Waals surface area contributed by atoms with Gasteiger partial charge in [-0.2, -0.15) is 16.1 Å². The average molecular weight is 361 g/mol. The van der Waals surface area contributed by atoms with Gasteiger partial charge in [0.05, 0.1) is 9.77 Å². The molecule has 0 unspecified atom stereocenters. The molecule has 1 aromatic heterocycles. The molecule has 1 aromatic rings. The molecule has 2 saturated heterocycles. The Balaban J connectivity index is 1.76. The SMILES string of the molecule is O=C(c1cc(S(=O)(=O)N2CCCCC2)cs1)N1CCSCC1. The molecule has 0 bridgehead atoms. The number of thioether (sulfide) groups is 1. The molecule has 0 spiro atoms. The molecule has 1 amide bonds. The molecule has 0 N–H and O–H groups in total. The Morgan fingerprint density at radius 2 is 1.73 bits per heavy atom. The predicted octanol–water partition coefficient (Wildman–Crippen LogP) is 2.11. The quantitative estimate of drug-likeness (QED) is 0.828. The van der Waals surface area contributed by atoms with Gasteiger partial charge in [0, 0.05) is 43.1 Å². The summed E-state index contributed by atoms with van der Waals surface area (Å²) in [6, 6.07) is 1.55. The van der Waals surface area contributed by atoms with Crippen LogP contribution in [-0.2, 0) is 10.0 Å². The number of thiophene rings is 1. The number of sulfonamides is 1. The standard InChI is InChI=1S/C14H20N2O3S3/c17-14(15-6-8-20-9-7-15)13-10-12(11-21-13)22(18,19)16-4-2-1-3-5-16/h10-11H,1-9H2. The molecule has 0 aromatic carbocycles. The first-order valence-corrected chi connectivity index (χ1v) is 11.0. The van der Waals surface area contributed by atoms with Crippen LogP contribution < -0.4 is 0 Å². The Morgan fingerprint density at radius 1 is 1.05 bits per heavy atom. The largest absolute Gasteiger partial charge is 0.336 e. The van der Waals surface area contributed by atoms with Crippen LogP contribution >= 0.6 is 23.1 Å². The summed E-state index contributed by atoms with van der Waals surface area (Å²) in [4.78, 5) is 15.1. The number of nitrogens with zero attached hydrogens (tertiary/aromatic N) is 2. The van der Waals surface area contributed by atoms with Crippen molar-refractivity contribution >= 4 is 39.0 Å². The highest BCUT2D eigenvalue weighted by molar-refractivity contribution is 7.99. The summed E-state index contributed by atoms with van der Waals surface area (Å²) in [5.41, 5.74) is 0. The topological polar surface area (TPSA) is 57.7 Å². The minimum Gasteiger partial charge on any atom is -0.336 e. The molecular weight excluding hydrogens is 340 g/mol. The van der Waals surface area contributed by atoms with Crippen LogP contribution in [0.2, 0.25) is 0 Å². The lowest BCUT2D eigenvalue weighted by atomic mass is 10.2. The van der Waals surface area contributed by atoms with Crippen molar-refractivity contribution in [1.29, 1.82) is 0 Å². The molecule has 0 saturated carbocycles. The molecular formula is C14H20N2O3S3. The van der Waals surface area contributed by atoms with Crippen molar-refractivity contribution in [2.24, 2.45) is 0 Å². The number of amides is 1. The van der Waals surface area contributed by atoms with Crippen molar-refractivity contribution in [3.8, 4) is 0 Å². The zero-order valence-electron chi connectivity index (χ0n) is 12.4. The maximum atomic E-state index is 12.6. The number of carbonyl (C=O) groups is 1. The first-order chi connectivity index (χ1) is 10.6. The third-order valence-electron chi connectivity index (χ3n) is 4.04. The van der Waals surface area contributed by atoms with Crippen LogP contribution in [-0.4, -0.2) is 61.2 Å². The summed E-state index contributed by atoms with van der Waals surface area (Å²) >= 11 is 3.08. The van der Waals surface area contributed by atoms with E-state index in [4.69, 9.17) is 0 Å². The maximum absolute atomic E-state index is 12.6. The van der Waals surface area contributed by atoms with Crippen LogP contribution in [0.1, 0.15) is 28.9 Å². The minimum atomic E-state index is -3.44. The molecule has 2 aliphatic rings. The number of piperidine rings is 1. The van der Waals surface area contributed by atoms with Gasteiger partial charge in [0.2, 0.25) is 10.0 Å². The van der Waals surface area contributed by atoms with Crippen molar-refractivity contribution < 1.29 is 13.2 Å². The molecule has 3 rings (SSSR count). The van der Waals surface area contributed by atoms with E-state index in [1.165, 1.54) is 11.3 Å². The van der Waals surface area contributed by atoms with Crippen molar-refractivity contribution in [3.05, 3.63) is 16.3 Å². The van der Waals surface area contributed by atoms with Crippen LogP contribution in [0.25, 0.3) is 0 Å². The van der Waals surface area contributed by atoms with Crippen molar-refractivity contribution in [1.82, 2.24) is 9.21 Å². The van der Waals surface area contributed by atoms with Crippen molar-refractivity contribution in [2.75, 3.05) is 37.7 Å². The summed E-state index contributed by atoms with van der Waals surface area (Å²) in [6.45, 7) is 2.67. The number of rotatable bonds is 3. The van der Waals surface area contributed by atoms with Gasteiger partial charge in [0.25, 0.3) is 5.91 Å². The summed E-state index contributed by atoms with van der Waals surface area (Å²) in [6.07, 6.45) is 2.92. The molecule has 5 nitrogen and oxygen atoms in total. The van der Waals surface area contributed by atoms with E-state index in [-0.39, 0.29) is 10.8 Å².